The van der Waals surface area contributed by atoms with Gasteiger partial charge in [-0.1, -0.05) is 6.42 Å². The Morgan fingerprint density at radius 2 is 1.96 bits per heavy atom. The molecule has 0 spiro atoms. The van der Waals surface area contributed by atoms with Gasteiger partial charge in [0.25, 0.3) is 0 Å². The maximum Gasteiger partial charge on any atom is 0.122 e. The van der Waals surface area contributed by atoms with Gasteiger partial charge in [0, 0.05) is 6.04 Å². The number of rotatable bonds is 3. The number of nitrogens with zero attached hydrogens (tertiary/aromatic N) is 2. The Morgan fingerprint density at radius 3 is 2.57 bits per heavy atom. The van der Waals surface area contributed by atoms with Gasteiger partial charge in [-0.05, 0) is 86.7 Å². The van der Waals surface area contributed by atoms with E-state index in [9.17, 15) is 5.26 Å². The van der Waals surface area contributed by atoms with Crippen molar-refractivity contribution in [3.63, 3.8) is 0 Å². The summed E-state index contributed by atoms with van der Waals surface area (Å²) in [6.07, 6.45) is 8.27. The van der Waals surface area contributed by atoms with Crippen LogP contribution in [0.4, 0.5) is 0 Å². The smallest absolute Gasteiger partial charge is 0.122 e. The van der Waals surface area contributed by atoms with E-state index in [1.807, 2.05) is 18.2 Å². The molecule has 3 nitrogen and oxygen atoms in total. The molecule has 2 saturated carbocycles. The molecule has 1 aromatic carbocycles. The van der Waals surface area contributed by atoms with Crippen LogP contribution in [0.5, 0.6) is 5.75 Å². The highest BCUT2D eigenvalue weighted by Gasteiger charge is 2.43. The van der Waals surface area contributed by atoms with Gasteiger partial charge in [-0.15, -0.1) is 0 Å². The predicted molar refractivity (Wildman–Crippen MR) is 90.5 cm³/mol. The summed E-state index contributed by atoms with van der Waals surface area (Å²) in [5.74, 6) is 3.48. The molecule has 122 valence electrons. The second-order valence-electron chi connectivity index (χ2n) is 7.62. The molecule has 3 aliphatic rings. The second-order valence-corrected chi connectivity index (χ2v) is 7.62. The van der Waals surface area contributed by atoms with Crippen molar-refractivity contribution in [1.82, 2.24) is 4.90 Å². The topological polar surface area (TPSA) is 36.3 Å². The summed E-state index contributed by atoms with van der Waals surface area (Å²) in [7, 11) is 1.73. The zero-order chi connectivity index (χ0) is 15.8. The van der Waals surface area contributed by atoms with Crippen molar-refractivity contribution >= 4 is 0 Å². The minimum absolute atomic E-state index is 0.535. The van der Waals surface area contributed by atoms with E-state index in [0.717, 1.165) is 29.2 Å². The molecule has 0 radical (unpaired) electrons. The third-order valence-electron chi connectivity index (χ3n) is 6.50. The lowest BCUT2D eigenvalue weighted by Gasteiger charge is -2.40. The molecule has 1 unspecified atom stereocenters. The first-order valence-corrected chi connectivity index (χ1v) is 9.10. The number of hydrogen-bond donors (Lipinski definition) is 0. The van der Waals surface area contributed by atoms with Crippen molar-refractivity contribution in [2.75, 3.05) is 20.2 Å². The van der Waals surface area contributed by atoms with Gasteiger partial charge in [-0.3, -0.25) is 0 Å². The van der Waals surface area contributed by atoms with Crippen LogP contribution in [0.15, 0.2) is 18.2 Å². The number of hydrogen-bond acceptors (Lipinski definition) is 3. The van der Waals surface area contributed by atoms with Crippen LogP contribution in [-0.2, 0) is 0 Å². The number of piperidine rings is 1. The molecule has 23 heavy (non-hydrogen) atoms. The SMILES string of the molecule is COc1ccc(C#N)cc1C1CCN([C@H]2C[C@H]3CCC2C3)CC1. The van der Waals surface area contributed by atoms with Crippen LogP contribution < -0.4 is 4.74 Å². The molecule has 0 amide bonds. The molecule has 4 rings (SSSR count). The van der Waals surface area contributed by atoms with E-state index in [1.54, 1.807) is 7.11 Å². The number of fused-ring (bicyclic) bond motifs is 2. The Labute approximate surface area is 139 Å². The minimum atomic E-state index is 0.535. The summed E-state index contributed by atoms with van der Waals surface area (Å²) in [5, 5.41) is 9.17. The lowest BCUT2D eigenvalue weighted by Crippen LogP contribution is -2.43. The van der Waals surface area contributed by atoms with E-state index in [2.05, 4.69) is 11.0 Å². The van der Waals surface area contributed by atoms with E-state index in [4.69, 9.17) is 4.74 Å². The predicted octanol–water partition coefficient (Wildman–Crippen LogP) is 3.93. The normalized spacial score (nSPS) is 31.2. The van der Waals surface area contributed by atoms with Gasteiger partial charge in [-0.2, -0.15) is 5.26 Å². The lowest BCUT2D eigenvalue weighted by atomic mass is 9.85. The third-order valence-corrected chi connectivity index (χ3v) is 6.50. The standard InChI is InChI=1S/C20H26N2O/c1-23-20-5-3-15(13-21)11-18(20)16-6-8-22(9-7-16)19-12-14-2-4-17(19)10-14/h3,5,11,14,16-17,19H,2,4,6-10,12H2,1H3/t14-,17?,19-/m0/s1. The average molecular weight is 310 g/mol. The van der Waals surface area contributed by atoms with Gasteiger partial charge < -0.3 is 9.64 Å². The molecule has 1 saturated heterocycles. The molecule has 0 N–H and O–H groups in total. The maximum absolute atomic E-state index is 9.17. The summed E-state index contributed by atoms with van der Waals surface area (Å²) in [6.45, 7) is 2.41. The molecule has 0 aromatic heterocycles. The Bertz CT molecular complexity index is 613. The minimum Gasteiger partial charge on any atom is -0.496 e. The van der Waals surface area contributed by atoms with Crippen LogP contribution in [0, 0.1) is 23.2 Å². The molecule has 1 aromatic rings. The fraction of sp³-hybridized carbons (Fsp3) is 0.650. The highest BCUT2D eigenvalue weighted by Crippen LogP contribution is 2.47. The van der Waals surface area contributed by atoms with E-state index in [1.165, 1.54) is 57.2 Å². The first-order chi connectivity index (χ1) is 11.3. The van der Waals surface area contributed by atoms with E-state index < -0.39 is 0 Å². The van der Waals surface area contributed by atoms with E-state index >= 15 is 0 Å². The van der Waals surface area contributed by atoms with Gasteiger partial charge in [0.05, 0.1) is 18.7 Å². The fourth-order valence-electron chi connectivity index (χ4n) is 5.32. The van der Waals surface area contributed by atoms with Crippen LogP contribution in [-0.4, -0.2) is 31.1 Å². The molecule has 2 aliphatic carbocycles. The van der Waals surface area contributed by atoms with Gasteiger partial charge in [0.2, 0.25) is 0 Å². The maximum atomic E-state index is 9.17. The summed E-state index contributed by atoms with van der Waals surface area (Å²) in [5.41, 5.74) is 1.98. The first kappa shape index (κ1) is 15.0. The summed E-state index contributed by atoms with van der Waals surface area (Å²) >= 11 is 0. The van der Waals surface area contributed by atoms with E-state index in [0.29, 0.717) is 5.92 Å². The van der Waals surface area contributed by atoms with Gasteiger partial charge in [0.15, 0.2) is 0 Å². The quantitative estimate of drug-likeness (QED) is 0.848. The van der Waals surface area contributed by atoms with Crippen molar-refractivity contribution in [3.05, 3.63) is 29.3 Å². The summed E-state index contributed by atoms with van der Waals surface area (Å²) in [6, 6.07) is 8.97. The Morgan fingerprint density at radius 1 is 1.13 bits per heavy atom. The number of likely N-dealkylation sites (tertiary alicyclic amines) is 1. The second kappa shape index (κ2) is 6.17. The van der Waals surface area contributed by atoms with Crippen molar-refractivity contribution in [1.29, 1.82) is 5.26 Å². The third kappa shape index (κ3) is 2.74. The van der Waals surface area contributed by atoms with Crippen molar-refractivity contribution < 1.29 is 4.74 Å². The molecule has 3 fully saturated rings. The Balaban J connectivity index is 1.44. The molecule has 3 heteroatoms. The molecular formula is C20H26N2O. The molecule has 2 bridgehead atoms. The monoisotopic (exact) mass is 310 g/mol. The fourth-order valence-corrected chi connectivity index (χ4v) is 5.32. The highest BCUT2D eigenvalue weighted by atomic mass is 16.5. The van der Waals surface area contributed by atoms with Crippen LogP contribution in [0.3, 0.4) is 0 Å². The Kier molecular flexibility index (Phi) is 4.03. The summed E-state index contributed by atoms with van der Waals surface area (Å²) < 4.78 is 5.54. The number of benzene rings is 1. The lowest BCUT2D eigenvalue weighted by molar-refractivity contribution is 0.110. The average Bonchev–Trinajstić information content (AvgIpc) is 3.24. The van der Waals surface area contributed by atoms with Crippen LogP contribution >= 0.6 is 0 Å². The van der Waals surface area contributed by atoms with E-state index in [-0.39, 0.29) is 0 Å². The van der Waals surface area contributed by atoms with Crippen molar-refractivity contribution in [2.45, 2.75) is 50.5 Å². The molecule has 1 aliphatic heterocycles. The van der Waals surface area contributed by atoms with Crippen LogP contribution in [0.25, 0.3) is 0 Å². The molecule has 1 heterocycles. The number of methoxy groups -OCH3 is 1. The van der Waals surface area contributed by atoms with Crippen LogP contribution in [0.2, 0.25) is 0 Å². The van der Waals surface area contributed by atoms with Crippen molar-refractivity contribution in [2.24, 2.45) is 11.8 Å². The van der Waals surface area contributed by atoms with Gasteiger partial charge >= 0.3 is 0 Å². The molecule has 3 atom stereocenters. The Hall–Kier alpha value is -1.53. The zero-order valence-electron chi connectivity index (χ0n) is 14.0. The first-order valence-electron chi connectivity index (χ1n) is 9.10. The molecular weight excluding hydrogens is 284 g/mol. The summed E-state index contributed by atoms with van der Waals surface area (Å²) in [4.78, 5) is 2.76. The number of nitriles is 1. The number of ether oxygens (including phenoxy) is 1. The van der Waals surface area contributed by atoms with Crippen LogP contribution in [0.1, 0.15) is 55.6 Å². The largest absolute Gasteiger partial charge is 0.496 e. The van der Waals surface area contributed by atoms with Gasteiger partial charge in [-0.25, -0.2) is 0 Å². The van der Waals surface area contributed by atoms with Crippen molar-refractivity contribution in [3.8, 4) is 11.8 Å². The van der Waals surface area contributed by atoms with Gasteiger partial charge in [0.1, 0.15) is 5.75 Å². The zero-order valence-corrected chi connectivity index (χ0v) is 14.0. The highest BCUT2D eigenvalue weighted by molar-refractivity contribution is 5.44.